The summed E-state index contributed by atoms with van der Waals surface area (Å²) in [6, 6.07) is 15.9. The summed E-state index contributed by atoms with van der Waals surface area (Å²) >= 11 is 0. The predicted octanol–water partition coefficient (Wildman–Crippen LogP) is 5.61. The topological polar surface area (TPSA) is 56.3 Å². The minimum Gasteiger partial charge on any atom is -0.494 e. The number of aromatic nitrogens is 2. The molecule has 0 saturated heterocycles. The van der Waals surface area contributed by atoms with Crippen LogP contribution in [0, 0.1) is 0 Å². The lowest BCUT2D eigenvalue weighted by Gasteiger charge is -2.14. The van der Waals surface area contributed by atoms with Gasteiger partial charge in [0.15, 0.2) is 0 Å². The molecular weight excluding hydrogens is 383 g/mol. The molecule has 0 fully saturated rings. The standard InChI is InChI=1S/C21H20F3N3O2/c1-2-12-28-17-10-8-16(9-11-17)26-20-25-13-18(21(22,23)24)19(27-20)29-14-15-6-4-3-5-7-15/h3-11,13H,2,12,14H2,1H3,(H,25,26,27). The SMILES string of the molecule is CCCOc1ccc(Nc2ncc(C(F)(F)F)c(OCc3ccccc3)n2)cc1. The van der Waals surface area contributed by atoms with Crippen LogP contribution in [-0.2, 0) is 12.8 Å². The third-order valence-corrected chi connectivity index (χ3v) is 3.86. The zero-order chi connectivity index (χ0) is 20.7. The summed E-state index contributed by atoms with van der Waals surface area (Å²) in [6.45, 7) is 2.58. The van der Waals surface area contributed by atoms with Gasteiger partial charge in [0.05, 0.1) is 6.61 Å². The van der Waals surface area contributed by atoms with E-state index in [0.717, 1.165) is 12.0 Å². The van der Waals surface area contributed by atoms with Gasteiger partial charge in [-0.2, -0.15) is 18.2 Å². The molecule has 0 unspecified atom stereocenters. The molecule has 0 aliphatic rings. The molecule has 3 aromatic rings. The molecule has 152 valence electrons. The van der Waals surface area contributed by atoms with E-state index in [2.05, 4.69) is 15.3 Å². The monoisotopic (exact) mass is 403 g/mol. The van der Waals surface area contributed by atoms with Crippen LogP contribution in [0.25, 0.3) is 0 Å². The molecule has 0 aliphatic heterocycles. The molecule has 1 heterocycles. The van der Waals surface area contributed by atoms with Crippen LogP contribution >= 0.6 is 0 Å². The molecule has 5 nitrogen and oxygen atoms in total. The van der Waals surface area contributed by atoms with Crippen molar-refractivity contribution in [3.05, 3.63) is 71.9 Å². The van der Waals surface area contributed by atoms with Gasteiger partial charge in [-0.3, -0.25) is 0 Å². The molecule has 0 aliphatic carbocycles. The summed E-state index contributed by atoms with van der Waals surface area (Å²) in [5, 5.41) is 2.88. The molecule has 0 saturated carbocycles. The van der Waals surface area contributed by atoms with Gasteiger partial charge in [0.2, 0.25) is 11.8 Å². The van der Waals surface area contributed by atoms with Crippen molar-refractivity contribution in [2.45, 2.75) is 26.1 Å². The normalized spacial score (nSPS) is 11.2. The smallest absolute Gasteiger partial charge is 0.423 e. The van der Waals surface area contributed by atoms with Crippen molar-refractivity contribution in [1.29, 1.82) is 0 Å². The number of anilines is 2. The van der Waals surface area contributed by atoms with Gasteiger partial charge in [0.25, 0.3) is 0 Å². The Balaban J connectivity index is 1.77. The first-order chi connectivity index (χ1) is 14.0. The fourth-order valence-corrected chi connectivity index (χ4v) is 2.44. The van der Waals surface area contributed by atoms with Crippen LogP contribution in [0.3, 0.4) is 0 Å². The number of ether oxygens (including phenoxy) is 2. The fourth-order valence-electron chi connectivity index (χ4n) is 2.44. The zero-order valence-corrected chi connectivity index (χ0v) is 15.7. The van der Waals surface area contributed by atoms with Gasteiger partial charge in [-0.1, -0.05) is 37.3 Å². The third-order valence-electron chi connectivity index (χ3n) is 3.86. The Morgan fingerprint density at radius 1 is 0.966 bits per heavy atom. The summed E-state index contributed by atoms with van der Waals surface area (Å²) in [6.07, 6.45) is -3.01. The van der Waals surface area contributed by atoms with Crippen molar-refractivity contribution < 1.29 is 22.6 Å². The number of rotatable bonds is 8. The first-order valence-corrected chi connectivity index (χ1v) is 9.06. The van der Waals surface area contributed by atoms with Crippen molar-refractivity contribution >= 4 is 11.6 Å². The van der Waals surface area contributed by atoms with Crippen molar-refractivity contribution in [2.24, 2.45) is 0 Å². The van der Waals surface area contributed by atoms with E-state index in [-0.39, 0.29) is 12.6 Å². The number of alkyl halides is 3. The molecule has 29 heavy (non-hydrogen) atoms. The minimum absolute atomic E-state index is 0.00304. The molecule has 3 rings (SSSR count). The summed E-state index contributed by atoms with van der Waals surface area (Å²) in [7, 11) is 0. The van der Waals surface area contributed by atoms with Crippen LogP contribution < -0.4 is 14.8 Å². The zero-order valence-electron chi connectivity index (χ0n) is 15.7. The average molecular weight is 403 g/mol. The van der Waals surface area contributed by atoms with Gasteiger partial charge >= 0.3 is 6.18 Å². The molecule has 1 N–H and O–H groups in total. The highest BCUT2D eigenvalue weighted by molar-refractivity contribution is 5.55. The van der Waals surface area contributed by atoms with Crippen LogP contribution in [0.2, 0.25) is 0 Å². The fraction of sp³-hybridized carbons (Fsp3) is 0.238. The Kier molecular flexibility index (Phi) is 6.54. The Morgan fingerprint density at radius 2 is 1.69 bits per heavy atom. The molecule has 0 spiro atoms. The number of hydrogen-bond acceptors (Lipinski definition) is 5. The molecule has 8 heteroatoms. The van der Waals surface area contributed by atoms with E-state index >= 15 is 0 Å². The van der Waals surface area contributed by atoms with E-state index in [9.17, 15) is 13.2 Å². The molecule has 1 aromatic heterocycles. The highest BCUT2D eigenvalue weighted by Gasteiger charge is 2.36. The third kappa shape index (κ3) is 5.84. The second-order valence-corrected chi connectivity index (χ2v) is 6.18. The highest BCUT2D eigenvalue weighted by Crippen LogP contribution is 2.35. The number of hydrogen-bond donors (Lipinski definition) is 1. The lowest BCUT2D eigenvalue weighted by Crippen LogP contribution is -2.12. The first-order valence-electron chi connectivity index (χ1n) is 9.06. The van der Waals surface area contributed by atoms with Gasteiger partial charge < -0.3 is 14.8 Å². The second kappa shape index (κ2) is 9.27. The molecular formula is C21H20F3N3O2. The number of halogens is 3. The molecule has 0 atom stereocenters. The van der Waals surface area contributed by atoms with Gasteiger partial charge in [0.1, 0.15) is 17.9 Å². The van der Waals surface area contributed by atoms with Gasteiger partial charge in [-0.25, -0.2) is 4.98 Å². The highest BCUT2D eigenvalue weighted by atomic mass is 19.4. The maximum atomic E-state index is 13.3. The van der Waals surface area contributed by atoms with Gasteiger partial charge in [-0.05, 0) is 36.2 Å². The Hall–Kier alpha value is -3.29. The van der Waals surface area contributed by atoms with E-state index in [1.165, 1.54) is 0 Å². The van der Waals surface area contributed by atoms with E-state index < -0.39 is 17.6 Å². The van der Waals surface area contributed by atoms with Crippen LogP contribution in [-0.4, -0.2) is 16.6 Å². The first kappa shape index (κ1) is 20.4. The summed E-state index contributed by atoms with van der Waals surface area (Å²) < 4.78 is 50.7. The Morgan fingerprint density at radius 3 is 2.34 bits per heavy atom. The largest absolute Gasteiger partial charge is 0.494 e. The van der Waals surface area contributed by atoms with Crippen LogP contribution in [0.4, 0.5) is 24.8 Å². The van der Waals surface area contributed by atoms with E-state index in [0.29, 0.717) is 24.2 Å². The van der Waals surface area contributed by atoms with Crippen LogP contribution in [0.5, 0.6) is 11.6 Å². The van der Waals surface area contributed by atoms with Crippen LogP contribution in [0.15, 0.2) is 60.8 Å². The van der Waals surface area contributed by atoms with Crippen molar-refractivity contribution in [3.63, 3.8) is 0 Å². The van der Waals surface area contributed by atoms with Crippen molar-refractivity contribution in [2.75, 3.05) is 11.9 Å². The van der Waals surface area contributed by atoms with E-state index in [4.69, 9.17) is 9.47 Å². The summed E-state index contributed by atoms with van der Waals surface area (Å²) in [5.74, 6) is 0.183. The molecule has 2 aromatic carbocycles. The van der Waals surface area contributed by atoms with Crippen molar-refractivity contribution in [3.8, 4) is 11.6 Å². The molecule has 0 radical (unpaired) electrons. The van der Waals surface area contributed by atoms with E-state index in [1.54, 1.807) is 48.5 Å². The number of benzene rings is 2. The molecule has 0 bridgehead atoms. The lowest BCUT2D eigenvalue weighted by atomic mass is 10.2. The molecule has 0 amide bonds. The van der Waals surface area contributed by atoms with Gasteiger partial charge in [0, 0.05) is 11.9 Å². The second-order valence-electron chi connectivity index (χ2n) is 6.18. The minimum atomic E-state index is -4.62. The van der Waals surface area contributed by atoms with Crippen LogP contribution in [0.1, 0.15) is 24.5 Å². The Labute approximate surface area is 166 Å². The number of nitrogens with one attached hydrogen (secondary N) is 1. The maximum absolute atomic E-state index is 13.3. The summed E-state index contributed by atoms with van der Waals surface area (Å²) in [5.41, 5.74) is 0.321. The predicted molar refractivity (Wildman–Crippen MR) is 103 cm³/mol. The lowest BCUT2D eigenvalue weighted by molar-refractivity contribution is -0.139. The summed E-state index contributed by atoms with van der Waals surface area (Å²) in [4.78, 5) is 7.70. The number of nitrogens with zero attached hydrogens (tertiary/aromatic N) is 2. The van der Waals surface area contributed by atoms with E-state index in [1.807, 2.05) is 13.0 Å². The maximum Gasteiger partial charge on any atom is 0.423 e. The quantitative estimate of drug-likeness (QED) is 0.530. The van der Waals surface area contributed by atoms with Crippen molar-refractivity contribution in [1.82, 2.24) is 9.97 Å². The average Bonchev–Trinajstić information content (AvgIpc) is 2.72. The Bertz CT molecular complexity index is 917. The van der Waals surface area contributed by atoms with Gasteiger partial charge in [-0.15, -0.1) is 0 Å².